The molecule has 2 heterocycles. The lowest BCUT2D eigenvalue weighted by molar-refractivity contribution is 0.834. The number of rotatable bonds is 4. The fourth-order valence-corrected chi connectivity index (χ4v) is 2.70. The summed E-state index contributed by atoms with van der Waals surface area (Å²) >= 11 is 0. The maximum Gasteiger partial charge on any atom is 0.128 e. The van der Waals surface area contributed by atoms with Crippen LogP contribution in [0.15, 0.2) is 67.3 Å². The summed E-state index contributed by atoms with van der Waals surface area (Å²) in [6.07, 6.45) is 5.50. The zero-order valence-electron chi connectivity index (χ0n) is 12.8. The molecule has 4 aromatic rings. The van der Waals surface area contributed by atoms with Crippen LogP contribution in [-0.2, 0) is 13.6 Å². The van der Waals surface area contributed by atoms with Crippen molar-refractivity contribution in [3.05, 3.63) is 73.1 Å². The average Bonchev–Trinajstić information content (AvgIpc) is 3.23. The number of nitrogens with one attached hydrogen (secondary N) is 1. The fraction of sp³-hybridized carbons (Fsp3) is 0.111. The van der Waals surface area contributed by atoms with E-state index in [0.717, 1.165) is 28.2 Å². The summed E-state index contributed by atoms with van der Waals surface area (Å²) in [7, 11) is 2.05. The Morgan fingerprint density at radius 3 is 2.61 bits per heavy atom. The van der Waals surface area contributed by atoms with E-state index in [-0.39, 0.29) is 0 Å². The van der Waals surface area contributed by atoms with Crippen molar-refractivity contribution in [1.82, 2.24) is 19.1 Å². The maximum atomic E-state index is 4.67. The van der Waals surface area contributed by atoms with E-state index in [1.165, 1.54) is 0 Å². The van der Waals surface area contributed by atoms with Gasteiger partial charge in [0.15, 0.2) is 0 Å². The van der Waals surface area contributed by atoms with Crippen molar-refractivity contribution < 1.29 is 0 Å². The molecule has 23 heavy (non-hydrogen) atoms. The highest BCUT2D eigenvalue weighted by Crippen LogP contribution is 2.17. The lowest BCUT2D eigenvalue weighted by Gasteiger charge is -2.08. The number of hydrogen-bond donors (Lipinski definition) is 1. The number of aromatic nitrogens is 4. The second-order valence-electron chi connectivity index (χ2n) is 5.45. The fourth-order valence-electron chi connectivity index (χ4n) is 2.70. The minimum atomic E-state index is 0.690. The maximum absolute atomic E-state index is 4.67. The van der Waals surface area contributed by atoms with Crippen molar-refractivity contribution in [3.63, 3.8) is 0 Å². The van der Waals surface area contributed by atoms with Crippen molar-refractivity contribution in [2.24, 2.45) is 7.05 Å². The van der Waals surface area contributed by atoms with Crippen LogP contribution in [0.4, 0.5) is 5.69 Å². The number of hydrogen-bond acceptors (Lipinski definition) is 3. The molecule has 0 aliphatic rings. The summed E-state index contributed by atoms with van der Waals surface area (Å²) in [4.78, 5) is 8.74. The molecule has 0 amide bonds. The van der Waals surface area contributed by atoms with E-state index in [1.54, 1.807) is 12.5 Å². The third-order valence-electron chi connectivity index (χ3n) is 4.00. The summed E-state index contributed by atoms with van der Waals surface area (Å²) in [6, 6.07) is 16.5. The summed E-state index contributed by atoms with van der Waals surface area (Å²) < 4.78 is 4.11. The molecule has 0 atom stereocenters. The van der Waals surface area contributed by atoms with Crippen LogP contribution in [0.3, 0.4) is 0 Å². The minimum absolute atomic E-state index is 0.690. The molecule has 5 nitrogen and oxygen atoms in total. The van der Waals surface area contributed by atoms with Crippen LogP contribution >= 0.6 is 0 Å². The predicted molar refractivity (Wildman–Crippen MR) is 91.6 cm³/mol. The molecule has 1 N–H and O–H groups in total. The number of nitrogens with zero attached hydrogens (tertiary/aromatic N) is 4. The topological polar surface area (TPSA) is 47.7 Å². The normalized spacial score (nSPS) is 11.0. The predicted octanol–water partition coefficient (Wildman–Crippen LogP) is 3.37. The van der Waals surface area contributed by atoms with Gasteiger partial charge in [-0.05, 0) is 36.4 Å². The molecule has 4 rings (SSSR count). The van der Waals surface area contributed by atoms with Gasteiger partial charge in [0.05, 0.1) is 23.9 Å². The molecular weight excluding hydrogens is 286 g/mol. The van der Waals surface area contributed by atoms with Crippen LogP contribution in [-0.4, -0.2) is 19.1 Å². The SMILES string of the molecule is Cn1c(CNc2ccc(-n3ccnc3)cc2)nc2ccccc21. The Hall–Kier alpha value is -3.08. The first-order valence-electron chi connectivity index (χ1n) is 7.54. The zero-order chi connectivity index (χ0) is 15.6. The van der Waals surface area contributed by atoms with Gasteiger partial charge in [0.1, 0.15) is 5.82 Å². The van der Waals surface area contributed by atoms with Crippen molar-refractivity contribution in [2.75, 3.05) is 5.32 Å². The quantitative estimate of drug-likeness (QED) is 0.629. The molecule has 114 valence electrons. The summed E-state index contributed by atoms with van der Waals surface area (Å²) in [5, 5.41) is 3.43. The number of para-hydroxylation sites is 2. The first-order chi connectivity index (χ1) is 11.3. The molecule has 0 spiro atoms. The van der Waals surface area contributed by atoms with Gasteiger partial charge in [-0.1, -0.05) is 12.1 Å². The van der Waals surface area contributed by atoms with E-state index in [9.17, 15) is 0 Å². The van der Waals surface area contributed by atoms with Gasteiger partial charge in [0.25, 0.3) is 0 Å². The lowest BCUT2D eigenvalue weighted by Crippen LogP contribution is -2.06. The van der Waals surface area contributed by atoms with Gasteiger partial charge in [-0.25, -0.2) is 9.97 Å². The Morgan fingerprint density at radius 1 is 1.04 bits per heavy atom. The van der Waals surface area contributed by atoms with Crippen LogP contribution in [0, 0.1) is 0 Å². The number of aryl methyl sites for hydroxylation is 1. The Morgan fingerprint density at radius 2 is 1.87 bits per heavy atom. The van der Waals surface area contributed by atoms with Gasteiger partial charge in [0.2, 0.25) is 0 Å². The van der Waals surface area contributed by atoms with Crippen LogP contribution in [0.1, 0.15) is 5.82 Å². The molecule has 0 saturated heterocycles. The highest BCUT2D eigenvalue weighted by Gasteiger charge is 2.06. The molecule has 0 fully saturated rings. The van der Waals surface area contributed by atoms with Crippen molar-refractivity contribution >= 4 is 16.7 Å². The van der Waals surface area contributed by atoms with Crippen LogP contribution in [0.25, 0.3) is 16.7 Å². The van der Waals surface area contributed by atoms with Gasteiger partial charge >= 0.3 is 0 Å². The first-order valence-corrected chi connectivity index (χ1v) is 7.54. The third-order valence-corrected chi connectivity index (χ3v) is 4.00. The van der Waals surface area contributed by atoms with E-state index >= 15 is 0 Å². The monoisotopic (exact) mass is 303 g/mol. The van der Waals surface area contributed by atoms with Gasteiger partial charge in [-0.15, -0.1) is 0 Å². The summed E-state index contributed by atoms with van der Waals surface area (Å²) in [6.45, 7) is 0.690. The third kappa shape index (κ3) is 2.57. The molecule has 0 aliphatic carbocycles. The van der Waals surface area contributed by atoms with E-state index in [2.05, 4.69) is 57.2 Å². The molecule has 2 aromatic carbocycles. The van der Waals surface area contributed by atoms with Crippen LogP contribution in [0.5, 0.6) is 0 Å². The molecule has 0 bridgehead atoms. The number of fused-ring (bicyclic) bond motifs is 1. The molecule has 2 aromatic heterocycles. The van der Waals surface area contributed by atoms with E-state index in [1.807, 2.05) is 29.0 Å². The highest BCUT2D eigenvalue weighted by atomic mass is 15.1. The van der Waals surface area contributed by atoms with E-state index in [4.69, 9.17) is 0 Å². The molecule has 0 saturated carbocycles. The summed E-state index contributed by atoms with van der Waals surface area (Å²) in [5.74, 6) is 1.02. The Balaban J connectivity index is 1.51. The van der Waals surface area contributed by atoms with Gasteiger partial charge in [-0.3, -0.25) is 0 Å². The Labute approximate surface area is 134 Å². The van der Waals surface area contributed by atoms with E-state index < -0.39 is 0 Å². The van der Waals surface area contributed by atoms with Gasteiger partial charge in [0, 0.05) is 30.8 Å². The number of benzene rings is 2. The molecule has 0 aliphatic heterocycles. The Kier molecular flexibility index (Phi) is 3.31. The van der Waals surface area contributed by atoms with E-state index in [0.29, 0.717) is 6.54 Å². The van der Waals surface area contributed by atoms with Crippen molar-refractivity contribution in [3.8, 4) is 5.69 Å². The number of imidazole rings is 2. The van der Waals surface area contributed by atoms with Gasteiger partial charge in [-0.2, -0.15) is 0 Å². The first kappa shape index (κ1) is 13.6. The smallest absolute Gasteiger partial charge is 0.128 e. The van der Waals surface area contributed by atoms with Crippen LogP contribution in [0.2, 0.25) is 0 Å². The molecular formula is C18H17N5. The Bertz CT molecular complexity index is 920. The molecule has 0 unspecified atom stereocenters. The van der Waals surface area contributed by atoms with Gasteiger partial charge < -0.3 is 14.5 Å². The van der Waals surface area contributed by atoms with Crippen LogP contribution < -0.4 is 5.32 Å². The standard InChI is InChI=1S/C18H17N5/c1-22-17-5-3-2-4-16(17)21-18(22)12-20-14-6-8-15(9-7-14)23-11-10-19-13-23/h2-11,13,20H,12H2,1H3. The second kappa shape index (κ2) is 5.61. The number of anilines is 1. The van der Waals surface area contributed by atoms with Crippen molar-refractivity contribution in [2.45, 2.75) is 6.54 Å². The molecule has 5 heteroatoms. The average molecular weight is 303 g/mol. The molecule has 0 radical (unpaired) electrons. The lowest BCUT2D eigenvalue weighted by atomic mass is 10.2. The highest BCUT2D eigenvalue weighted by molar-refractivity contribution is 5.75. The van der Waals surface area contributed by atoms with Crippen molar-refractivity contribution in [1.29, 1.82) is 0 Å². The second-order valence-corrected chi connectivity index (χ2v) is 5.45. The zero-order valence-corrected chi connectivity index (χ0v) is 12.8. The minimum Gasteiger partial charge on any atom is -0.378 e. The summed E-state index contributed by atoms with van der Waals surface area (Å²) in [5.41, 5.74) is 4.35. The largest absolute Gasteiger partial charge is 0.378 e.